The van der Waals surface area contributed by atoms with E-state index in [9.17, 15) is 9.90 Å². The zero-order chi connectivity index (χ0) is 19.9. The van der Waals surface area contributed by atoms with Gasteiger partial charge in [0.2, 0.25) is 5.88 Å². The Morgan fingerprint density at radius 2 is 1.79 bits per heavy atom. The third-order valence-corrected chi connectivity index (χ3v) is 4.44. The van der Waals surface area contributed by atoms with Crippen molar-refractivity contribution in [1.29, 1.82) is 0 Å². The van der Waals surface area contributed by atoms with Crippen LogP contribution in [0.15, 0.2) is 73.1 Å². The van der Waals surface area contributed by atoms with Crippen LogP contribution in [0.3, 0.4) is 0 Å². The number of rotatable bonds is 7. The van der Waals surface area contributed by atoms with Gasteiger partial charge in [-0.2, -0.15) is 0 Å². The van der Waals surface area contributed by atoms with E-state index in [2.05, 4.69) is 27.6 Å². The van der Waals surface area contributed by atoms with Crippen molar-refractivity contribution in [2.24, 2.45) is 0 Å². The van der Waals surface area contributed by atoms with Gasteiger partial charge in [0.25, 0.3) is 0 Å². The predicted octanol–water partition coefficient (Wildman–Crippen LogP) is 5.34. The summed E-state index contributed by atoms with van der Waals surface area (Å²) < 4.78 is 17.5. The second-order valence-corrected chi connectivity index (χ2v) is 6.70. The average molecular weight is 489 g/mol. The van der Waals surface area contributed by atoms with Crippen LogP contribution in [0, 0.1) is 3.57 Å². The molecule has 1 N–H and O–H groups in total. The van der Waals surface area contributed by atoms with E-state index in [1.54, 1.807) is 54.7 Å². The van der Waals surface area contributed by atoms with Gasteiger partial charge in [-0.1, -0.05) is 24.3 Å². The van der Waals surface area contributed by atoms with E-state index in [4.69, 9.17) is 14.2 Å². The Morgan fingerprint density at radius 1 is 1.04 bits per heavy atom. The van der Waals surface area contributed by atoms with Gasteiger partial charge in [0, 0.05) is 17.8 Å². The smallest absolute Gasteiger partial charge is 0.339 e. The number of ether oxygens (including phenoxy) is 3. The predicted molar refractivity (Wildman–Crippen MR) is 113 cm³/mol. The van der Waals surface area contributed by atoms with Gasteiger partial charge in [-0.25, -0.2) is 9.78 Å². The molecule has 1 heterocycles. The molecule has 0 aliphatic rings. The van der Waals surface area contributed by atoms with E-state index in [-0.39, 0.29) is 5.57 Å². The minimum atomic E-state index is -1.11. The number of aliphatic carboxylic acids is 1. The molecule has 0 aliphatic heterocycles. The number of benzene rings is 2. The summed E-state index contributed by atoms with van der Waals surface area (Å²) in [5, 5.41) is 9.45. The van der Waals surface area contributed by atoms with Crippen molar-refractivity contribution in [3.05, 3.63) is 82.3 Å². The lowest BCUT2D eigenvalue weighted by molar-refractivity contribution is -0.130. The molecule has 142 valence electrons. The third-order valence-electron chi connectivity index (χ3n) is 3.62. The molecule has 3 aromatic rings. The zero-order valence-corrected chi connectivity index (χ0v) is 17.0. The Kier molecular flexibility index (Phi) is 6.49. The number of nitrogens with zero attached hydrogens (tertiary/aromatic N) is 1. The molecule has 3 rings (SSSR count). The van der Waals surface area contributed by atoms with Crippen LogP contribution in [-0.4, -0.2) is 23.2 Å². The fourth-order valence-corrected chi connectivity index (χ4v) is 2.87. The summed E-state index contributed by atoms with van der Waals surface area (Å²) in [4.78, 5) is 15.8. The molecule has 28 heavy (non-hydrogen) atoms. The second kappa shape index (κ2) is 9.23. The van der Waals surface area contributed by atoms with Crippen molar-refractivity contribution < 1.29 is 24.1 Å². The Bertz CT molecular complexity index is 1020. The van der Waals surface area contributed by atoms with Crippen molar-refractivity contribution in [2.75, 3.05) is 7.11 Å². The number of hydrogen-bond acceptors (Lipinski definition) is 5. The van der Waals surface area contributed by atoms with Gasteiger partial charge in [-0.05, 0) is 52.9 Å². The number of methoxy groups -OCH3 is 1. The molecular weight excluding hydrogens is 473 g/mol. The molecule has 0 fully saturated rings. The number of carbonyl (C=O) groups is 1. The van der Waals surface area contributed by atoms with Crippen LogP contribution in [0.2, 0.25) is 0 Å². The van der Waals surface area contributed by atoms with Crippen LogP contribution in [0.1, 0.15) is 5.56 Å². The molecule has 0 saturated heterocycles. The van der Waals surface area contributed by atoms with Gasteiger partial charge >= 0.3 is 5.97 Å². The number of carboxylic acids is 1. The summed E-state index contributed by atoms with van der Waals surface area (Å²) in [5.41, 5.74) is 0.399. The molecule has 0 spiro atoms. The molecule has 0 aliphatic carbocycles. The fraction of sp³-hybridized carbons (Fsp3) is 0.0476. The van der Waals surface area contributed by atoms with Gasteiger partial charge in [-0.3, -0.25) is 0 Å². The molecule has 0 saturated carbocycles. The molecule has 6 nitrogen and oxygen atoms in total. The van der Waals surface area contributed by atoms with Crippen molar-refractivity contribution in [2.45, 2.75) is 0 Å². The van der Waals surface area contributed by atoms with E-state index in [1.165, 1.54) is 13.4 Å². The van der Waals surface area contributed by atoms with Gasteiger partial charge in [0.1, 0.15) is 22.8 Å². The quantitative estimate of drug-likeness (QED) is 0.274. The third kappa shape index (κ3) is 4.80. The summed E-state index contributed by atoms with van der Waals surface area (Å²) in [7, 11) is 1.40. The van der Waals surface area contributed by atoms with Gasteiger partial charge < -0.3 is 19.3 Å². The van der Waals surface area contributed by atoms with E-state index in [1.807, 2.05) is 12.1 Å². The maximum atomic E-state index is 11.6. The van der Waals surface area contributed by atoms with Crippen molar-refractivity contribution in [1.82, 2.24) is 4.98 Å². The highest BCUT2D eigenvalue weighted by Gasteiger charge is 2.16. The number of hydrogen-bond donors (Lipinski definition) is 1. The van der Waals surface area contributed by atoms with Crippen molar-refractivity contribution >= 4 is 34.1 Å². The minimum Gasteiger partial charge on any atom is -0.503 e. The molecule has 2 aromatic carbocycles. The maximum absolute atomic E-state index is 11.6. The maximum Gasteiger partial charge on any atom is 0.339 e. The Morgan fingerprint density at radius 3 is 2.50 bits per heavy atom. The molecule has 1 aromatic heterocycles. The minimum absolute atomic E-state index is 0.00598. The summed E-state index contributed by atoms with van der Waals surface area (Å²) in [6.45, 7) is 0. The Balaban J connectivity index is 1.88. The molecular formula is C21H16INO5. The van der Waals surface area contributed by atoms with E-state index in [0.29, 0.717) is 28.7 Å². The average Bonchev–Trinajstić information content (AvgIpc) is 2.69. The van der Waals surface area contributed by atoms with Gasteiger partial charge in [0.05, 0.1) is 16.9 Å². The lowest BCUT2D eigenvalue weighted by Gasteiger charge is -2.13. The first-order valence-corrected chi connectivity index (χ1v) is 9.28. The fourth-order valence-electron chi connectivity index (χ4n) is 2.41. The molecule has 0 unspecified atom stereocenters. The van der Waals surface area contributed by atoms with Gasteiger partial charge in [0.15, 0.2) is 0 Å². The summed E-state index contributed by atoms with van der Waals surface area (Å²) in [5.74, 6) is 0.824. The highest BCUT2D eigenvalue weighted by molar-refractivity contribution is 14.1. The number of pyridine rings is 1. The zero-order valence-electron chi connectivity index (χ0n) is 14.8. The number of carboxylic acid groups (broad SMARTS) is 1. The molecule has 0 bridgehead atoms. The Labute approximate surface area is 175 Å². The highest BCUT2D eigenvalue weighted by atomic mass is 127. The van der Waals surface area contributed by atoms with Crippen LogP contribution in [0.4, 0.5) is 0 Å². The normalized spacial score (nSPS) is 11.0. The lowest BCUT2D eigenvalue weighted by atomic mass is 10.1. The van der Waals surface area contributed by atoms with Crippen molar-refractivity contribution in [3.63, 3.8) is 0 Å². The monoisotopic (exact) mass is 489 g/mol. The lowest BCUT2D eigenvalue weighted by Crippen LogP contribution is -2.02. The molecule has 7 heteroatoms. The topological polar surface area (TPSA) is 77.9 Å². The first kappa shape index (κ1) is 19.7. The van der Waals surface area contributed by atoms with E-state index in [0.717, 1.165) is 3.57 Å². The molecule has 0 amide bonds. The first-order valence-electron chi connectivity index (χ1n) is 8.20. The Hall–Kier alpha value is -3.07. The summed E-state index contributed by atoms with van der Waals surface area (Å²) >= 11 is 2.15. The van der Waals surface area contributed by atoms with Gasteiger partial charge in [-0.15, -0.1) is 0 Å². The number of aromatic nitrogens is 1. The van der Waals surface area contributed by atoms with E-state index >= 15 is 0 Å². The molecule has 0 radical (unpaired) electrons. The van der Waals surface area contributed by atoms with Crippen LogP contribution in [0.25, 0.3) is 5.57 Å². The second-order valence-electron chi connectivity index (χ2n) is 5.54. The van der Waals surface area contributed by atoms with Crippen molar-refractivity contribution in [3.8, 4) is 23.1 Å². The van der Waals surface area contributed by atoms with Crippen LogP contribution < -0.4 is 9.47 Å². The van der Waals surface area contributed by atoms with E-state index < -0.39 is 5.97 Å². The van der Waals surface area contributed by atoms with Crippen LogP contribution in [-0.2, 0) is 9.53 Å². The largest absolute Gasteiger partial charge is 0.503 e. The molecule has 0 atom stereocenters. The van der Waals surface area contributed by atoms with Crippen LogP contribution in [0.5, 0.6) is 23.1 Å². The highest BCUT2D eigenvalue weighted by Crippen LogP contribution is 2.33. The number of para-hydroxylation sites is 1. The summed E-state index contributed by atoms with van der Waals surface area (Å²) in [6, 6.07) is 17.6. The SMILES string of the molecule is CO/C=C(/C(=O)O)c1ccccc1Oc1cccc(Oc2ncccc2I)c1. The first-order chi connectivity index (χ1) is 13.6. The summed E-state index contributed by atoms with van der Waals surface area (Å²) in [6.07, 6.45) is 2.83. The number of halogens is 1. The van der Waals surface area contributed by atoms with Crippen LogP contribution >= 0.6 is 22.6 Å². The standard InChI is InChI=1S/C21H16INO5/c1-26-13-17(21(24)25)16-8-2-3-10-19(16)27-14-6-4-7-15(12-14)28-20-18(22)9-5-11-23-20/h2-13H,1H3,(H,24,25)/b17-13+.